The number of hydrogen-bond acceptors (Lipinski definition) is 4. The SMILES string of the molecule is CCCOc1nc(C)n2nc(-c3ccccc3Cl)c(-c3ccc(Cl)cc3)c2n1. The van der Waals surface area contributed by atoms with Gasteiger partial charge in [0.25, 0.3) is 0 Å². The van der Waals surface area contributed by atoms with Crippen molar-refractivity contribution in [3.8, 4) is 28.4 Å². The van der Waals surface area contributed by atoms with Gasteiger partial charge >= 0.3 is 6.01 Å². The topological polar surface area (TPSA) is 52.3 Å². The standard InChI is InChI=1S/C21H18Cl2N4O/c1-3-12-28-21-24-13(2)27-20(25-21)18(14-8-10-15(22)11-9-14)19(26-27)16-6-4-5-7-17(16)23/h4-11H,3,12H2,1-2H3. The molecule has 0 amide bonds. The van der Waals surface area contributed by atoms with Crippen LogP contribution in [-0.4, -0.2) is 26.2 Å². The highest BCUT2D eigenvalue weighted by Gasteiger charge is 2.21. The van der Waals surface area contributed by atoms with E-state index >= 15 is 0 Å². The van der Waals surface area contributed by atoms with Crippen LogP contribution in [0.25, 0.3) is 28.0 Å². The van der Waals surface area contributed by atoms with E-state index < -0.39 is 0 Å². The van der Waals surface area contributed by atoms with Crippen molar-refractivity contribution in [3.63, 3.8) is 0 Å². The quantitative estimate of drug-likeness (QED) is 0.411. The van der Waals surface area contributed by atoms with Crippen LogP contribution in [0.4, 0.5) is 0 Å². The number of halogens is 2. The van der Waals surface area contributed by atoms with E-state index in [0.717, 1.165) is 28.8 Å². The van der Waals surface area contributed by atoms with Crippen molar-refractivity contribution in [1.29, 1.82) is 0 Å². The maximum atomic E-state index is 6.48. The molecule has 0 radical (unpaired) electrons. The van der Waals surface area contributed by atoms with Crippen molar-refractivity contribution in [3.05, 3.63) is 64.4 Å². The van der Waals surface area contributed by atoms with Gasteiger partial charge in [0.2, 0.25) is 0 Å². The molecule has 28 heavy (non-hydrogen) atoms. The Morgan fingerprint density at radius 2 is 1.75 bits per heavy atom. The summed E-state index contributed by atoms with van der Waals surface area (Å²) in [6.45, 7) is 4.47. The second kappa shape index (κ2) is 7.78. The number of rotatable bonds is 5. The Morgan fingerprint density at radius 1 is 1.00 bits per heavy atom. The molecule has 0 spiro atoms. The molecule has 2 aromatic carbocycles. The molecule has 2 aromatic heterocycles. The molecule has 0 aliphatic carbocycles. The van der Waals surface area contributed by atoms with Crippen molar-refractivity contribution in [2.24, 2.45) is 0 Å². The lowest BCUT2D eigenvalue weighted by Gasteiger charge is -2.07. The molecule has 0 aliphatic rings. The van der Waals surface area contributed by atoms with Gasteiger partial charge in [-0.2, -0.15) is 19.6 Å². The van der Waals surface area contributed by atoms with Crippen LogP contribution in [0.15, 0.2) is 48.5 Å². The zero-order valence-corrected chi connectivity index (χ0v) is 17.0. The Balaban J connectivity index is 2.02. The summed E-state index contributed by atoms with van der Waals surface area (Å²) >= 11 is 12.6. The third-order valence-corrected chi connectivity index (χ3v) is 4.91. The van der Waals surface area contributed by atoms with E-state index in [0.29, 0.717) is 34.1 Å². The number of benzene rings is 2. The van der Waals surface area contributed by atoms with Gasteiger partial charge < -0.3 is 4.74 Å². The molecule has 0 saturated heterocycles. The van der Waals surface area contributed by atoms with E-state index in [1.165, 1.54) is 0 Å². The number of ether oxygens (including phenoxy) is 1. The number of hydrogen-bond donors (Lipinski definition) is 0. The van der Waals surface area contributed by atoms with Crippen LogP contribution in [0.1, 0.15) is 19.2 Å². The molecule has 4 aromatic rings. The van der Waals surface area contributed by atoms with Crippen LogP contribution in [0.3, 0.4) is 0 Å². The van der Waals surface area contributed by atoms with Crippen LogP contribution in [0.2, 0.25) is 10.0 Å². The summed E-state index contributed by atoms with van der Waals surface area (Å²) < 4.78 is 7.41. The minimum Gasteiger partial charge on any atom is -0.463 e. The van der Waals surface area contributed by atoms with Gasteiger partial charge in [0.05, 0.1) is 17.2 Å². The highest BCUT2D eigenvalue weighted by molar-refractivity contribution is 6.33. The molecule has 0 unspecified atom stereocenters. The molecule has 0 fully saturated rings. The van der Waals surface area contributed by atoms with Gasteiger partial charge in [-0.3, -0.25) is 0 Å². The normalized spacial score (nSPS) is 11.1. The lowest BCUT2D eigenvalue weighted by atomic mass is 10.0. The lowest BCUT2D eigenvalue weighted by Crippen LogP contribution is -2.05. The summed E-state index contributed by atoms with van der Waals surface area (Å²) in [5.41, 5.74) is 4.02. The van der Waals surface area contributed by atoms with Crippen molar-refractivity contribution in [2.45, 2.75) is 20.3 Å². The van der Waals surface area contributed by atoms with Gasteiger partial charge in [-0.15, -0.1) is 0 Å². The molecule has 4 rings (SSSR count). The zero-order chi connectivity index (χ0) is 19.7. The molecule has 2 heterocycles. The fraction of sp³-hybridized carbons (Fsp3) is 0.190. The molecular weight excluding hydrogens is 395 g/mol. The number of aromatic nitrogens is 4. The van der Waals surface area contributed by atoms with Crippen LogP contribution in [0, 0.1) is 6.92 Å². The Hall–Kier alpha value is -2.63. The van der Waals surface area contributed by atoms with Gasteiger partial charge in [-0.05, 0) is 37.1 Å². The minimum absolute atomic E-state index is 0.340. The van der Waals surface area contributed by atoms with Gasteiger partial charge in [-0.25, -0.2) is 0 Å². The smallest absolute Gasteiger partial charge is 0.320 e. The first-order valence-electron chi connectivity index (χ1n) is 8.99. The first kappa shape index (κ1) is 18.7. The van der Waals surface area contributed by atoms with Crippen LogP contribution in [-0.2, 0) is 0 Å². The highest BCUT2D eigenvalue weighted by Crippen LogP contribution is 2.38. The summed E-state index contributed by atoms with van der Waals surface area (Å²) in [5, 5.41) is 6.07. The number of fused-ring (bicyclic) bond motifs is 1. The Labute approximate surface area is 172 Å². The maximum absolute atomic E-state index is 6.48. The van der Waals surface area contributed by atoms with Gasteiger partial charge in [0.1, 0.15) is 11.5 Å². The van der Waals surface area contributed by atoms with Crippen LogP contribution < -0.4 is 4.74 Å². The van der Waals surface area contributed by atoms with E-state index in [1.807, 2.05) is 62.4 Å². The van der Waals surface area contributed by atoms with Crippen LogP contribution >= 0.6 is 23.2 Å². The summed E-state index contributed by atoms with van der Waals surface area (Å²) in [4.78, 5) is 9.07. The number of nitrogens with zero attached hydrogens (tertiary/aromatic N) is 4. The van der Waals surface area contributed by atoms with Crippen molar-refractivity contribution < 1.29 is 4.74 Å². The third-order valence-electron chi connectivity index (χ3n) is 4.32. The van der Waals surface area contributed by atoms with Crippen LogP contribution in [0.5, 0.6) is 6.01 Å². The molecule has 7 heteroatoms. The first-order valence-corrected chi connectivity index (χ1v) is 9.75. The molecule has 0 saturated carbocycles. The van der Waals surface area contributed by atoms with E-state index in [4.69, 9.17) is 33.0 Å². The summed E-state index contributed by atoms with van der Waals surface area (Å²) in [7, 11) is 0. The average molecular weight is 413 g/mol. The monoisotopic (exact) mass is 412 g/mol. The zero-order valence-electron chi connectivity index (χ0n) is 15.5. The average Bonchev–Trinajstić information content (AvgIpc) is 3.07. The molecule has 0 N–H and O–H groups in total. The predicted molar refractivity (Wildman–Crippen MR) is 112 cm³/mol. The third kappa shape index (κ3) is 3.43. The molecule has 0 aliphatic heterocycles. The van der Waals surface area contributed by atoms with Gasteiger partial charge in [-0.1, -0.05) is 60.5 Å². The lowest BCUT2D eigenvalue weighted by molar-refractivity contribution is 0.291. The summed E-state index contributed by atoms with van der Waals surface area (Å²) in [5.74, 6) is 0.685. The predicted octanol–water partition coefficient (Wildman–Crippen LogP) is 5.86. The van der Waals surface area contributed by atoms with E-state index in [1.54, 1.807) is 4.52 Å². The van der Waals surface area contributed by atoms with Crippen molar-refractivity contribution >= 4 is 28.8 Å². The van der Waals surface area contributed by atoms with E-state index in [-0.39, 0.29) is 0 Å². The molecule has 142 valence electrons. The minimum atomic E-state index is 0.340. The largest absolute Gasteiger partial charge is 0.463 e. The summed E-state index contributed by atoms with van der Waals surface area (Å²) in [6.07, 6.45) is 0.877. The van der Waals surface area contributed by atoms with Crippen molar-refractivity contribution in [1.82, 2.24) is 19.6 Å². The van der Waals surface area contributed by atoms with E-state index in [9.17, 15) is 0 Å². The Kier molecular flexibility index (Phi) is 5.20. The van der Waals surface area contributed by atoms with E-state index in [2.05, 4.69) is 9.97 Å². The maximum Gasteiger partial charge on any atom is 0.320 e. The number of aryl methyl sites for hydroxylation is 1. The second-order valence-electron chi connectivity index (χ2n) is 6.35. The fourth-order valence-corrected chi connectivity index (χ4v) is 3.37. The summed E-state index contributed by atoms with van der Waals surface area (Å²) in [6, 6.07) is 15.6. The highest BCUT2D eigenvalue weighted by atomic mass is 35.5. The first-order chi connectivity index (χ1) is 13.6. The Morgan fingerprint density at radius 3 is 2.46 bits per heavy atom. The molecule has 5 nitrogen and oxygen atoms in total. The molecule has 0 atom stereocenters. The second-order valence-corrected chi connectivity index (χ2v) is 7.19. The van der Waals surface area contributed by atoms with Gasteiger partial charge in [0, 0.05) is 10.6 Å². The van der Waals surface area contributed by atoms with Crippen molar-refractivity contribution in [2.75, 3.05) is 6.61 Å². The fourth-order valence-electron chi connectivity index (χ4n) is 3.02. The van der Waals surface area contributed by atoms with Gasteiger partial charge in [0.15, 0.2) is 5.65 Å². The molecular formula is C21H18Cl2N4O. The molecule has 0 bridgehead atoms. The Bertz CT molecular complexity index is 1140.